The van der Waals surface area contributed by atoms with Crippen molar-refractivity contribution >= 4 is 31.4 Å². The Morgan fingerprint density at radius 2 is 1.90 bits per heavy atom. The number of sulfone groups is 1. The van der Waals surface area contributed by atoms with Gasteiger partial charge in [0, 0.05) is 37.1 Å². The summed E-state index contributed by atoms with van der Waals surface area (Å²) in [7, 11) is -2.85. The molecule has 1 atom stereocenters. The molecular formula is C21H24N4O3S2. The Labute approximate surface area is 179 Å². The fraction of sp³-hybridized carbons (Fsp3) is 0.429. The standard InChI is InChI=1S/C21H24N4O3S2/c26-20-17-12-18(15-4-2-1-3-5-15)29-21(17)23-19(22-20)13-24-7-9-25(10-8-24)16-6-11-30(27,28)14-16/h1-5,12,16H,6-11,13-14H2,(H,22,23,26)/t16-/m0/s1. The summed E-state index contributed by atoms with van der Waals surface area (Å²) >= 11 is 1.54. The average molecular weight is 445 g/mol. The zero-order chi connectivity index (χ0) is 20.7. The zero-order valence-electron chi connectivity index (χ0n) is 16.6. The minimum atomic E-state index is -2.85. The van der Waals surface area contributed by atoms with Gasteiger partial charge < -0.3 is 4.98 Å². The van der Waals surface area contributed by atoms with Crippen LogP contribution in [0.4, 0.5) is 0 Å². The maximum atomic E-state index is 12.6. The lowest BCUT2D eigenvalue weighted by molar-refractivity contribution is 0.0984. The van der Waals surface area contributed by atoms with Crippen LogP contribution in [-0.4, -0.2) is 71.9 Å². The minimum absolute atomic E-state index is 0.0942. The van der Waals surface area contributed by atoms with Crippen molar-refractivity contribution in [2.75, 3.05) is 37.7 Å². The zero-order valence-corrected chi connectivity index (χ0v) is 18.2. The molecule has 2 aliphatic heterocycles. The van der Waals surface area contributed by atoms with E-state index in [0.29, 0.717) is 29.3 Å². The summed E-state index contributed by atoms with van der Waals surface area (Å²) in [5.41, 5.74) is 0.995. The molecule has 1 aromatic carbocycles. The maximum absolute atomic E-state index is 12.6. The highest BCUT2D eigenvalue weighted by Crippen LogP contribution is 2.30. The molecule has 0 saturated carbocycles. The number of hydrogen-bond donors (Lipinski definition) is 1. The number of aromatic amines is 1. The molecule has 0 unspecified atom stereocenters. The van der Waals surface area contributed by atoms with Crippen LogP contribution in [0.2, 0.25) is 0 Å². The molecule has 0 bridgehead atoms. The van der Waals surface area contributed by atoms with E-state index in [2.05, 4.69) is 14.8 Å². The average Bonchev–Trinajstić information content (AvgIpc) is 3.33. The van der Waals surface area contributed by atoms with Gasteiger partial charge in [0.25, 0.3) is 5.56 Å². The van der Waals surface area contributed by atoms with E-state index >= 15 is 0 Å². The number of H-pyrrole nitrogens is 1. The van der Waals surface area contributed by atoms with E-state index in [1.807, 2.05) is 36.4 Å². The van der Waals surface area contributed by atoms with Crippen LogP contribution in [0.15, 0.2) is 41.2 Å². The van der Waals surface area contributed by atoms with Gasteiger partial charge in [-0.05, 0) is 18.1 Å². The van der Waals surface area contributed by atoms with Crippen LogP contribution in [0, 0.1) is 0 Å². The molecule has 4 heterocycles. The van der Waals surface area contributed by atoms with Gasteiger partial charge in [0.2, 0.25) is 0 Å². The molecule has 30 heavy (non-hydrogen) atoms. The first-order valence-corrected chi connectivity index (χ1v) is 12.9. The summed E-state index contributed by atoms with van der Waals surface area (Å²) in [4.78, 5) is 26.6. The smallest absolute Gasteiger partial charge is 0.259 e. The van der Waals surface area contributed by atoms with Crippen molar-refractivity contribution in [3.8, 4) is 10.4 Å². The molecule has 3 aromatic rings. The molecule has 2 aromatic heterocycles. The maximum Gasteiger partial charge on any atom is 0.259 e. The van der Waals surface area contributed by atoms with Crippen LogP contribution in [0.25, 0.3) is 20.7 Å². The normalized spacial score (nSPS) is 22.6. The van der Waals surface area contributed by atoms with Crippen molar-refractivity contribution < 1.29 is 8.42 Å². The molecule has 7 nitrogen and oxygen atoms in total. The highest BCUT2D eigenvalue weighted by Gasteiger charge is 2.33. The van der Waals surface area contributed by atoms with Crippen molar-refractivity contribution in [2.45, 2.75) is 19.0 Å². The Kier molecular flexibility index (Phi) is 5.22. The van der Waals surface area contributed by atoms with Crippen LogP contribution in [0.5, 0.6) is 0 Å². The van der Waals surface area contributed by atoms with Crippen LogP contribution >= 0.6 is 11.3 Å². The van der Waals surface area contributed by atoms with Crippen molar-refractivity contribution in [3.05, 3.63) is 52.6 Å². The fourth-order valence-electron chi connectivity index (χ4n) is 4.36. The minimum Gasteiger partial charge on any atom is -0.309 e. The molecule has 5 rings (SSSR count). The summed E-state index contributed by atoms with van der Waals surface area (Å²) in [5, 5.41) is 0.634. The predicted octanol–water partition coefficient (Wildman–Crippen LogP) is 1.96. The highest BCUT2D eigenvalue weighted by atomic mass is 32.2. The van der Waals surface area contributed by atoms with E-state index in [-0.39, 0.29) is 11.6 Å². The molecule has 1 N–H and O–H groups in total. The number of hydrogen-bond acceptors (Lipinski definition) is 7. The number of thiophene rings is 1. The molecule has 9 heteroatoms. The SMILES string of the molecule is O=c1[nH]c(CN2CCN([C@H]3CCS(=O)(=O)C3)CC2)nc2sc(-c3ccccc3)cc12. The lowest BCUT2D eigenvalue weighted by Crippen LogP contribution is -2.50. The van der Waals surface area contributed by atoms with Crippen molar-refractivity contribution in [2.24, 2.45) is 0 Å². The third-order valence-corrected chi connectivity index (χ3v) is 8.84. The van der Waals surface area contributed by atoms with E-state index < -0.39 is 9.84 Å². The molecule has 0 amide bonds. The van der Waals surface area contributed by atoms with E-state index in [1.54, 1.807) is 11.3 Å². The van der Waals surface area contributed by atoms with E-state index in [0.717, 1.165) is 47.9 Å². The van der Waals surface area contributed by atoms with Crippen LogP contribution < -0.4 is 5.56 Å². The summed E-state index contributed by atoms with van der Waals surface area (Å²) in [6.07, 6.45) is 0.746. The molecule has 2 saturated heterocycles. The van der Waals surface area contributed by atoms with E-state index in [1.165, 1.54) is 0 Å². The van der Waals surface area contributed by atoms with Crippen LogP contribution in [-0.2, 0) is 16.4 Å². The van der Waals surface area contributed by atoms with Crippen LogP contribution in [0.3, 0.4) is 0 Å². The number of rotatable bonds is 4. The largest absolute Gasteiger partial charge is 0.309 e. The number of aromatic nitrogens is 2. The van der Waals surface area contributed by atoms with Crippen molar-refractivity contribution in [3.63, 3.8) is 0 Å². The number of nitrogens with zero attached hydrogens (tertiary/aromatic N) is 3. The van der Waals surface area contributed by atoms with Gasteiger partial charge in [0.15, 0.2) is 9.84 Å². The molecule has 2 fully saturated rings. The topological polar surface area (TPSA) is 86.4 Å². The van der Waals surface area contributed by atoms with Gasteiger partial charge >= 0.3 is 0 Å². The van der Waals surface area contributed by atoms with Gasteiger partial charge in [-0.1, -0.05) is 30.3 Å². The fourth-order valence-corrected chi connectivity index (χ4v) is 7.18. The number of fused-ring (bicyclic) bond motifs is 1. The number of piperazine rings is 1. The second-order valence-electron chi connectivity index (χ2n) is 8.08. The Morgan fingerprint density at radius 3 is 2.60 bits per heavy atom. The number of nitrogens with one attached hydrogen (secondary N) is 1. The van der Waals surface area contributed by atoms with Gasteiger partial charge in [-0.15, -0.1) is 11.3 Å². The Hall–Kier alpha value is -2.07. The van der Waals surface area contributed by atoms with Gasteiger partial charge in [-0.25, -0.2) is 13.4 Å². The van der Waals surface area contributed by atoms with Gasteiger partial charge in [-0.2, -0.15) is 0 Å². The summed E-state index contributed by atoms with van der Waals surface area (Å²) < 4.78 is 23.5. The van der Waals surface area contributed by atoms with Gasteiger partial charge in [0.05, 0.1) is 23.4 Å². The van der Waals surface area contributed by atoms with Crippen molar-refractivity contribution in [1.82, 2.24) is 19.8 Å². The molecule has 2 aliphatic rings. The first-order valence-electron chi connectivity index (χ1n) is 10.2. The molecule has 0 aliphatic carbocycles. The number of benzene rings is 1. The molecule has 0 radical (unpaired) electrons. The molecule has 158 valence electrons. The predicted molar refractivity (Wildman–Crippen MR) is 120 cm³/mol. The quantitative estimate of drug-likeness (QED) is 0.662. The second kappa shape index (κ2) is 7.88. The Morgan fingerprint density at radius 1 is 1.13 bits per heavy atom. The highest BCUT2D eigenvalue weighted by molar-refractivity contribution is 7.91. The third kappa shape index (κ3) is 4.07. The summed E-state index contributed by atoms with van der Waals surface area (Å²) in [6, 6.07) is 12.1. The van der Waals surface area contributed by atoms with Crippen molar-refractivity contribution in [1.29, 1.82) is 0 Å². The first kappa shape index (κ1) is 19.9. The lowest BCUT2D eigenvalue weighted by Gasteiger charge is -2.37. The Bertz CT molecular complexity index is 1210. The molecular weight excluding hydrogens is 420 g/mol. The second-order valence-corrected chi connectivity index (χ2v) is 11.3. The van der Waals surface area contributed by atoms with Gasteiger partial charge in [-0.3, -0.25) is 14.6 Å². The van der Waals surface area contributed by atoms with Crippen LogP contribution in [0.1, 0.15) is 12.2 Å². The lowest BCUT2D eigenvalue weighted by atomic mass is 10.2. The van der Waals surface area contributed by atoms with E-state index in [9.17, 15) is 13.2 Å². The first-order chi connectivity index (χ1) is 14.5. The summed E-state index contributed by atoms with van der Waals surface area (Å²) in [5.74, 6) is 1.29. The Balaban J connectivity index is 1.28. The van der Waals surface area contributed by atoms with E-state index in [4.69, 9.17) is 4.98 Å². The molecule has 0 spiro atoms. The monoisotopic (exact) mass is 444 g/mol. The van der Waals surface area contributed by atoms with Gasteiger partial charge in [0.1, 0.15) is 10.7 Å². The third-order valence-electron chi connectivity index (χ3n) is 6.01. The summed E-state index contributed by atoms with van der Waals surface area (Å²) in [6.45, 7) is 3.99.